The Balaban J connectivity index is 2.99. The second-order valence-corrected chi connectivity index (χ2v) is 5.37. The van der Waals surface area contributed by atoms with Crippen LogP contribution in [0, 0.1) is 5.92 Å². The van der Waals surface area contributed by atoms with Crippen LogP contribution in [0.5, 0.6) is 0 Å². The van der Waals surface area contributed by atoms with Crippen LogP contribution in [0.15, 0.2) is 12.3 Å². The van der Waals surface area contributed by atoms with Crippen LogP contribution in [0.3, 0.4) is 0 Å². The smallest absolute Gasteiger partial charge is 0.326 e. The van der Waals surface area contributed by atoms with E-state index >= 15 is 0 Å². The van der Waals surface area contributed by atoms with Gasteiger partial charge >= 0.3 is 5.97 Å². The van der Waals surface area contributed by atoms with Crippen LogP contribution in [-0.4, -0.2) is 47.0 Å². The number of carboxylic acids is 1. The second-order valence-electron chi connectivity index (χ2n) is 4.96. The lowest BCUT2D eigenvalue weighted by atomic mass is 10.0. The summed E-state index contributed by atoms with van der Waals surface area (Å²) >= 11 is 6.04. The minimum Gasteiger partial charge on any atom is -0.480 e. The van der Waals surface area contributed by atoms with Crippen molar-refractivity contribution in [3.63, 3.8) is 0 Å². The van der Waals surface area contributed by atoms with E-state index in [0.717, 1.165) is 0 Å². The van der Waals surface area contributed by atoms with Crippen molar-refractivity contribution < 1.29 is 14.7 Å². The van der Waals surface area contributed by atoms with Crippen molar-refractivity contribution in [3.05, 3.63) is 22.8 Å². The van der Waals surface area contributed by atoms with Crippen LogP contribution in [-0.2, 0) is 4.79 Å². The molecule has 0 fully saturated rings. The minimum atomic E-state index is -0.980. The number of nitrogens with one attached hydrogen (secondary N) is 1. The van der Waals surface area contributed by atoms with Crippen LogP contribution in [0.4, 0.5) is 5.82 Å². The van der Waals surface area contributed by atoms with E-state index in [1.54, 1.807) is 27.9 Å². The Bertz CT molecular complexity index is 518. The molecule has 0 saturated carbocycles. The third-order valence-corrected chi connectivity index (χ3v) is 3.01. The molecule has 0 aromatic carbocycles. The van der Waals surface area contributed by atoms with Crippen molar-refractivity contribution in [3.8, 4) is 0 Å². The van der Waals surface area contributed by atoms with Gasteiger partial charge in [-0.2, -0.15) is 0 Å². The van der Waals surface area contributed by atoms with E-state index in [2.05, 4.69) is 10.3 Å². The molecule has 110 valence electrons. The first-order valence-corrected chi connectivity index (χ1v) is 6.48. The summed E-state index contributed by atoms with van der Waals surface area (Å²) in [4.78, 5) is 28.3. The molecule has 0 aliphatic rings. The molecular formula is C13H18ClN3O3. The highest BCUT2D eigenvalue weighted by molar-refractivity contribution is 6.33. The molecule has 1 heterocycles. The quantitative estimate of drug-likeness (QED) is 0.868. The number of nitrogens with zero attached hydrogens (tertiary/aromatic N) is 2. The lowest BCUT2D eigenvalue weighted by Gasteiger charge is -2.19. The molecule has 0 aliphatic heterocycles. The summed E-state index contributed by atoms with van der Waals surface area (Å²) in [6.45, 7) is 3.56. The number of carbonyl (C=O) groups excluding carboxylic acids is 1. The van der Waals surface area contributed by atoms with Crippen molar-refractivity contribution in [2.24, 2.45) is 5.92 Å². The average Bonchev–Trinajstić information content (AvgIpc) is 2.35. The molecule has 20 heavy (non-hydrogen) atoms. The highest BCUT2D eigenvalue weighted by Gasteiger charge is 2.23. The van der Waals surface area contributed by atoms with E-state index in [-0.39, 0.29) is 22.7 Å². The number of carbonyl (C=O) groups is 2. The fourth-order valence-corrected chi connectivity index (χ4v) is 1.80. The van der Waals surface area contributed by atoms with Gasteiger partial charge in [0.1, 0.15) is 11.9 Å². The fourth-order valence-electron chi connectivity index (χ4n) is 1.58. The third-order valence-electron chi connectivity index (χ3n) is 2.72. The number of carboxylic acid groups (broad SMARTS) is 1. The molecule has 1 aromatic heterocycles. The summed E-state index contributed by atoms with van der Waals surface area (Å²) in [5, 5.41) is 12.1. The van der Waals surface area contributed by atoms with E-state index in [0.29, 0.717) is 5.56 Å². The van der Waals surface area contributed by atoms with Crippen LogP contribution in [0.25, 0.3) is 0 Å². The molecule has 1 aromatic rings. The Labute approximate surface area is 122 Å². The summed E-state index contributed by atoms with van der Waals surface area (Å²) in [6.07, 6.45) is 1.37. The standard InChI is InChI=1S/C13H18ClN3O3/c1-7(2)10(13(19)20)16-11-9(14)5-8(6-15-11)12(18)17(3)4/h5-7,10H,1-4H3,(H,15,16)(H,19,20)/t10-/m1/s1. The molecule has 1 atom stereocenters. The Morgan fingerprint density at radius 2 is 2.00 bits per heavy atom. The van der Waals surface area contributed by atoms with Gasteiger partial charge in [-0.1, -0.05) is 25.4 Å². The Hall–Kier alpha value is -1.82. The van der Waals surface area contributed by atoms with Gasteiger partial charge in [0, 0.05) is 20.3 Å². The molecule has 2 N–H and O–H groups in total. The van der Waals surface area contributed by atoms with Crippen LogP contribution < -0.4 is 5.32 Å². The highest BCUT2D eigenvalue weighted by Crippen LogP contribution is 2.22. The zero-order valence-corrected chi connectivity index (χ0v) is 12.6. The first kappa shape index (κ1) is 16.2. The number of amides is 1. The van der Waals surface area contributed by atoms with Gasteiger partial charge in [-0.05, 0) is 12.0 Å². The lowest BCUT2D eigenvalue weighted by Crippen LogP contribution is -2.34. The summed E-state index contributed by atoms with van der Waals surface area (Å²) in [6, 6.07) is 0.675. The highest BCUT2D eigenvalue weighted by atomic mass is 35.5. The van der Waals surface area contributed by atoms with E-state index in [4.69, 9.17) is 16.7 Å². The SMILES string of the molecule is CC(C)[C@@H](Nc1ncc(C(=O)N(C)C)cc1Cl)C(=O)O. The number of anilines is 1. The largest absolute Gasteiger partial charge is 0.480 e. The van der Waals surface area contributed by atoms with E-state index < -0.39 is 12.0 Å². The molecule has 0 saturated heterocycles. The summed E-state index contributed by atoms with van der Waals surface area (Å²) in [7, 11) is 3.25. The van der Waals surface area contributed by atoms with Gasteiger partial charge in [-0.15, -0.1) is 0 Å². The molecule has 1 amide bonds. The van der Waals surface area contributed by atoms with E-state index in [9.17, 15) is 9.59 Å². The second kappa shape index (κ2) is 6.56. The number of hydrogen-bond acceptors (Lipinski definition) is 4. The van der Waals surface area contributed by atoms with E-state index in [1.165, 1.54) is 17.2 Å². The Morgan fingerprint density at radius 1 is 1.40 bits per heavy atom. The van der Waals surface area contributed by atoms with E-state index in [1.807, 2.05) is 0 Å². The third kappa shape index (κ3) is 3.84. The van der Waals surface area contributed by atoms with Crippen LogP contribution in [0.1, 0.15) is 24.2 Å². The average molecular weight is 300 g/mol. The van der Waals surface area contributed by atoms with Gasteiger partial charge < -0.3 is 15.3 Å². The van der Waals surface area contributed by atoms with Gasteiger partial charge in [0.05, 0.1) is 10.6 Å². The molecule has 0 radical (unpaired) electrons. The topological polar surface area (TPSA) is 82.5 Å². The first-order chi connectivity index (χ1) is 9.23. The lowest BCUT2D eigenvalue weighted by molar-refractivity contribution is -0.138. The summed E-state index contributed by atoms with van der Waals surface area (Å²) < 4.78 is 0. The van der Waals surface area contributed by atoms with Crippen molar-refractivity contribution in [1.29, 1.82) is 0 Å². The van der Waals surface area contributed by atoms with Crippen LogP contribution >= 0.6 is 11.6 Å². The first-order valence-electron chi connectivity index (χ1n) is 6.10. The van der Waals surface area contributed by atoms with Crippen molar-refractivity contribution >= 4 is 29.3 Å². The minimum absolute atomic E-state index is 0.131. The molecule has 7 heteroatoms. The van der Waals surface area contributed by atoms with Gasteiger partial charge in [0.2, 0.25) is 0 Å². The number of aromatic nitrogens is 1. The summed E-state index contributed by atoms with van der Waals surface area (Å²) in [5.74, 6) is -1.08. The van der Waals surface area contributed by atoms with Gasteiger partial charge in [0.15, 0.2) is 0 Å². The maximum Gasteiger partial charge on any atom is 0.326 e. The molecule has 0 bridgehead atoms. The normalized spacial score (nSPS) is 12.1. The number of rotatable bonds is 5. The zero-order valence-electron chi connectivity index (χ0n) is 11.8. The van der Waals surface area contributed by atoms with Gasteiger partial charge in [0.25, 0.3) is 5.91 Å². The predicted molar refractivity (Wildman–Crippen MR) is 77.1 cm³/mol. The van der Waals surface area contributed by atoms with Crippen molar-refractivity contribution in [1.82, 2.24) is 9.88 Å². The number of pyridine rings is 1. The molecular weight excluding hydrogens is 282 g/mol. The number of hydrogen-bond donors (Lipinski definition) is 2. The monoisotopic (exact) mass is 299 g/mol. The van der Waals surface area contributed by atoms with Gasteiger partial charge in [-0.3, -0.25) is 4.79 Å². The molecule has 1 rings (SSSR count). The Morgan fingerprint density at radius 3 is 2.40 bits per heavy atom. The predicted octanol–water partition coefficient (Wildman–Crippen LogP) is 1.96. The summed E-state index contributed by atoms with van der Waals surface area (Å²) in [5.41, 5.74) is 0.349. The number of halogens is 1. The van der Waals surface area contributed by atoms with Crippen LogP contribution in [0.2, 0.25) is 5.02 Å². The molecule has 6 nitrogen and oxygen atoms in total. The van der Waals surface area contributed by atoms with Gasteiger partial charge in [-0.25, -0.2) is 9.78 Å². The maximum atomic E-state index is 11.8. The molecule has 0 unspecified atom stereocenters. The zero-order chi connectivity index (χ0) is 15.4. The molecule has 0 spiro atoms. The molecule has 0 aliphatic carbocycles. The maximum absolute atomic E-state index is 11.8. The van der Waals surface area contributed by atoms with Crippen molar-refractivity contribution in [2.45, 2.75) is 19.9 Å². The van der Waals surface area contributed by atoms with Crippen molar-refractivity contribution in [2.75, 3.05) is 19.4 Å². The Kier molecular flexibility index (Phi) is 5.33. The fraction of sp³-hybridized carbons (Fsp3) is 0.462. The number of aliphatic carboxylic acids is 1.